The zero-order valence-electron chi connectivity index (χ0n) is 11.0. The maximum Gasteiger partial charge on any atom is 0.223 e. The normalized spacial score (nSPS) is 23.2. The molecule has 1 amide bonds. The first kappa shape index (κ1) is 14.3. The number of thioether (sulfide) groups is 1. The molecule has 2 N–H and O–H groups in total. The molecule has 1 aromatic carbocycles. The first-order valence-electron chi connectivity index (χ1n) is 6.59. The van der Waals surface area contributed by atoms with Crippen LogP contribution in [0.4, 0.5) is 4.39 Å². The van der Waals surface area contributed by atoms with Crippen LogP contribution in [0.1, 0.15) is 31.7 Å². The molecular formula is C14H19FN2OS. The molecule has 2 atom stereocenters. The van der Waals surface area contributed by atoms with Crippen LogP contribution in [0.5, 0.6) is 0 Å². The van der Waals surface area contributed by atoms with Gasteiger partial charge in [0, 0.05) is 18.2 Å². The second kappa shape index (κ2) is 6.91. The fourth-order valence-corrected chi connectivity index (χ4v) is 3.24. The summed E-state index contributed by atoms with van der Waals surface area (Å²) in [4.78, 5) is 11.6. The highest BCUT2D eigenvalue weighted by atomic mass is 32.2. The number of amides is 1. The average molecular weight is 282 g/mol. The number of rotatable bonds is 5. The number of carbonyl (C=O) groups is 1. The first-order valence-corrected chi connectivity index (χ1v) is 7.64. The van der Waals surface area contributed by atoms with Crippen molar-refractivity contribution < 1.29 is 9.18 Å². The highest BCUT2D eigenvalue weighted by Crippen LogP contribution is 2.20. The van der Waals surface area contributed by atoms with Gasteiger partial charge in [-0.05, 0) is 18.1 Å². The number of hydrogen-bond acceptors (Lipinski definition) is 3. The quantitative estimate of drug-likeness (QED) is 0.872. The van der Waals surface area contributed by atoms with Gasteiger partial charge in [0.15, 0.2) is 0 Å². The number of carbonyl (C=O) groups excluding carboxylic acids is 1. The van der Waals surface area contributed by atoms with E-state index < -0.39 is 0 Å². The van der Waals surface area contributed by atoms with Gasteiger partial charge in [-0.3, -0.25) is 10.1 Å². The van der Waals surface area contributed by atoms with Crippen LogP contribution in [0.25, 0.3) is 0 Å². The Morgan fingerprint density at radius 3 is 2.95 bits per heavy atom. The van der Waals surface area contributed by atoms with Crippen LogP contribution in [0.15, 0.2) is 24.3 Å². The minimum atomic E-state index is -0.192. The van der Waals surface area contributed by atoms with E-state index in [1.807, 2.05) is 6.07 Å². The van der Waals surface area contributed by atoms with Gasteiger partial charge in [0.25, 0.3) is 0 Å². The van der Waals surface area contributed by atoms with Crippen LogP contribution in [-0.4, -0.2) is 17.4 Å². The lowest BCUT2D eigenvalue weighted by atomic mass is 10.1. The number of halogens is 1. The van der Waals surface area contributed by atoms with Gasteiger partial charge in [-0.1, -0.05) is 31.5 Å². The van der Waals surface area contributed by atoms with Crippen molar-refractivity contribution in [2.45, 2.75) is 43.5 Å². The monoisotopic (exact) mass is 282 g/mol. The van der Waals surface area contributed by atoms with Crippen molar-refractivity contribution in [2.24, 2.45) is 0 Å². The third-order valence-corrected chi connectivity index (χ3v) is 4.18. The summed E-state index contributed by atoms with van der Waals surface area (Å²) >= 11 is 1.51. The second-order valence-electron chi connectivity index (χ2n) is 4.71. The first-order chi connectivity index (χ1) is 9.19. The fraction of sp³-hybridized carbons (Fsp3) is 0.500. The van der Waals surface area contributed by atoms with Crippen molar-refractivity contribution in [1.82, 2.24) is 10.6 Å². The minimum Gasteiger partial charge on any atom is -0.332 e. The van der Waals surface area contributed by atoms with Gasteiger partial charge >= 0.3 is 0 Å². The number of nitrogens with one attached hydrogen (secondary N) is 2. The van der Waals surface area contributed by atoms with Crippen LogP contribution >= 0.6 is 11.8 Å². The summed E-state index contributed by atoms with van der Waals surface area (Å²) in [7, 11) is 0. The van der Waals surface area contributed by atoms with E-state index in [-0.39, 0.29) is 23.3 Å². The molecule has 0 bridgehead atoms. The molecule has 2 rings (SSSR count). The van der Waals surface area contributed by atoms with E-state index >= 15 is 0 Å². The summed E-state index contributed by atoms with van der Waals surface area (Å²) in [5.41, 5.74) is 0.540. The Kier molecular flexibility index (Phi) is 5.22. The molecule has 3 nitrogen and oxygen atoms in total. The van der Waals surface area contributed by atoms with Crippen molar-refractivity contribution in [3.05, 3.63) is 35.6 Å². The molecule has 1 fully saturated rings. The van der Waals surface area contributed by atoms with E-state index in [0.717, 1.165) is 12.8 Å². The third-order valence-electron chi connectivity index (χ3n) is 3.11. The Bertz CT molecular complexity index is 441. The lowest BCUT2D eigenvalue weighted by molar-refractivity contribution is -0.123. The standard InChI is InChI=1S/C14H19FN2OS/c1-2-5-11-8-13(18)17-14(16-11)19-9-10-6-3-4-7-12(10)15/h3-4,6-7,11,14,16H,2,5,8-9H2,1H3,(H,17,18). The summed E-state index contributed by atoms with van der Waals surface area (Å²) in [6, 6.07) is 6.98. The average Bonchev–Trinajstić information content (AvgIpc) is 2.37. The van der Waals surface area contributed by atoms with Gasteiger partial charge in [0.2, 0.25) is 5.91 Å². The minimum absolute atomic E-state index is 0.0724. The van der Waals surface area contributed by atoms with Crippen molar-refractivity contribution >= 4 is 17.7 Å². The van der Waals surface area contributed by atoms with Crippen molar-refractivity contribution in [3.63, 3.8) is 0 Å². The van der Waals surface area contributed by atoms with Gasteiger partial charge in [0.1, 0.15) is 11.3 Å². The molecule has 0 saturated carbocycles. The molecule has 0 spiro atoms. The lowest BCUT2D eigenvalue weighted by Gasteiger charge is -2.31. The Balaban J connectivity index is 1.88. The number of benzene rings is 1. The second-order valence-corrected chi connectivity index (χ2v) is 5.80. The summed E-state index contributed by atoms with van der Waals surface area (Å²) in [5.74, 6) is 0.425. The Morgan fingerprint density at radius 1 is 1.42 bits per heavy atom. The predicted octanol–water partition coefficient (Wildman–Crippen LogP) is 2.62. The molecule has 0 aliphatic carbocycles. The van der Waals surface area contributed by atoms with E-state index in [2.05, 4.69) is 17.6 Å². The smallest absolute Gasteiger partial charge is 0.223 e. The largest absolute Gasteiger partial charge is 0.332 e. The topological polar surface area (TPSA) is 41.1 Å². The zero-order chi connectivity index (χ0) is 13.7. The molecule has 1 saturated heterocycles. The van der Waals surface area contributed by atoms with Crippen molar-refractivity contribution in [2.75, 3.05) is 0 Å². The van der Waals surface area contributed by atoms with E-state index in [4.69, 9.17) is 0 Å². The van der Waals surface area contributed by atoms with Gasteiger partial charge in [-0.25, -0.2) is 4.39 Å². The Hall–Kier alpha value is -1.07. The Morgan fingerprint density at radius 2 is 2.21 bits per heavy atom. The molecule has 5 heteroatoms. The summed E-state index contributed by atoms with van der Waals surface area (Å²) in [5, 5.41) is 6.27. The fourth-order valence-electron chi connectivity index (χ4n) is 2.16. The van der Waals surface area contributed by atoms with E-state index in [0.29, 0.717) is 17.7 Å². The highest BCUT2D eigenvalue weighted by molar-refractivity contribution is 7.99. The lowest BCUT2D eigenvalue weighted by Crippen LogP contribution is -2.54. The molecule has 19 heavy (non-hydrogen) atoms. The van der Waals surface area contributed by atoms with E-state index in [1.165, 1.54) is 17.8 Å². The third kappa shape index (κ3) is 4.21. The molecule has 0 radical (unpaired) electrons. The van der Waals surface area contributed by atoms with Crippen molar-refractivity contribution in [3.8, 4) is 0 Å². The van der Waals surface area contributed by atoms with E-state index in [1.54, 1.807) is 12.1 Å². The SMILES string of the molecule is CCCC1CC(=O)NC(SCc2ccccc2F)N1. The number of hydrogen-bond donors (Lipinski definition) is 2. The zero-order valence-corrected chi connectivity index (χ0v) is 11.8. The van der Waals surface area contributed by atoms with Crippen LogP contribution in [0.3, 0.4) is 0 Å². The molecule has 104 valence electrons. The molecule has 0 aromatic heterocycles. The molecule has 1 aliphatic heterocycles. The van der Waals surface area contributed by atoms with Gasteiger partial charge in [0.05, 0.1) is 0 Å². The summed E-state index contributed by atoms with van der Waals surface area (Å²) in [6.45, 7) is 2.11. The summed E-state index contributed by atoms with van der Waals surface area (Å²) < 4.78 is 13.5. The molecular weight excluding hydrogens is 263 g/mol. The molecule has 1 heterocycles. The van der Waals surface area contributed by atoms with Gasteiger partial charge in [-0.15, -0.1) is 11.8 Å². The van der Waals surface area contributed by atoms with E-state index in [9.17, 15) is 9.18 Å². The van der Waals surface area contributed by atoms with Crippen LogP contribution in [0.2, 0.25) is 0 Å². The van der Waals surface area contributed by atoms with Gasteiger partial charge < -0.3 is 5.32 Å². The highest BCUT2D eigenvalue weighted by Gasteiger charge is 2.25. The van der Waals surface area contributed by atoms with Gasteiger partial charge in [-0.2, -0.15) is 0 Å². The maximum atomic E-state index is 13.5. The molecule has 2 unspecified atom stereocenters. The maximum absolute atomic E-state index is 13.5. The van der Waals surface area contributed by atoms with Crippen LogP contribution in [0, 0.1) is 5.82 Å². The molecule has 1 aliphatic rings. The Labute approximate surface area is 117 Å². The van der Waals surface area contributed by atoms with Crippen LogP contribution in [-0.2, 0) is 10.5 Å². The summed E-state index contributed by atoms with van der Waals surface area (Å²) in [6.07, 6.45) is 2.57. The van der Waals surface area contributed by atoms with Crippen LogP contribution < -0.4 is 10.6 Å². The molecule has 1 aromatic rings. The van der Waals surface area contributed by atoms with Crippen molar-refractivity contribution in [1.29, 1.82) is 0 Å². The predicted molar refractivity (Wildman–Crippen MR) is 76.1 cm³/mol.